The Kier molecular flexibility index (Phi) is 4.49. The summed E-state index contributed by atoms with van der Waals surface area (Å²) in [6.07, 6.45) is -0.0762. The Morgan fingerprint density at radius 3 is 2.12 bits per heavy atom. The monoisotopic (exact) mass is 354 g/mol. The van der Waals surface area contributed by atoms with Crippen LogP contribution in [0.4, 0.5) is 5.69 Å². The van der Waals surface area contributed by atoms with Gasteiger partial charge >= 0.3 is 5.97 Å². The Balaban J connectivity index is 1.86. The Morgan fingerprint density at radius 2 is 1.58 bits per heavy atom. The highest BCUT2D eigenvalue weighted by atomic mass is 16.6. The van der Waals surface area contributed by atoms with Gasteiger partial charge in [-0.3, -0.25) is 24.6 Å². The fourth-order valence-corrected chi connectivity index (χ4v) is 3.05. The van der Waals surface area contributed by atoms with Crippen molar-refractivity contribution in [1.29, 1.82) is 0 Å². The van der Waals surface area contributed by atoms with Gasteiger partial charge in [0.2, 0.25) is 0 Å². The van der Waals surface area contributed by atoms with Gasteiger partial charge in [-0.25, -0.2) is 4.79 Å². The van der Waals surface area contributed by atoms with Crippen molar-refractivity contribution in [3.8, 4) is 0 Å². The van der Waals surface area contributed by atoms with Gasteiger partial charge in [-0.05, 0) is 25.0 Å². The number of imide groups is 1. The van der Waals surface area contributed by atoms with E-state index in [1.807, 2.05) is 0 Å². The molecule has 8 nitrogen and oxygen atoms in total. The van der Waals surface area contributed by atoms with Gasteiger partial charge in [-0.2, -0.15) is 0 Å². The number of hydrogen-bond donors (Lipinski definition) is 1. The summed E-state index contributed by atoms with van der Waals surface area (Å²) in [6.45, 7) is 0. The van der Waals surface area contributed by atoms with Crippen LogP contribution in [0, 0.1) is 10.1 Å². The first-order valence-electron chi connectivity index (χ1n) is 7.84. The molecule has 0 bridgehead atoms. The summed E-state index contributed by atoms with van der Waals surface area (Å²) in [4.78, 5) is 47.9. The Bertz CT molecular complexity index is 888. The number of carboxylic acid groups (broad SMARTS) is 1. The molecule has 0 radical (unpaired) electrons. The molecule has 0 spiro atoms. The second-order valence-corrected chi connectivity index (χ2v) is 5.80. The lowest BCUT2D eigenvalue weighted by molar-refractivity contribution is -0.385. The molecule has 0 saturated carbocycles. The minimum Gasteiger partial charge on any atom is -0.480 e. The van der Waals surface area contributed by atoms with Crippen LogP contribution in [0.2, 0.25) is 0 Å². The van der Waals surface area contributed by atoms with Crippen LogP contribution in [0.1, 0.15) is 32.7 Å². The van der Waals surface area contributed by atoms with Crippen LogP contribution in [0.15, 0.2) is 48.5 Å². The average Bonchev–Trinajstić information content (AvgIpc) is 2.87. The molecule has 0 fully saturated rings. The largest absolute Gasteiger partial charge is 0.480 e. The lowest BCUT2D eigenvalue weighted by atomic mass is 10.0. The minimum absolute atomic E-state index is 0.0432. The SMILES string of the molecule is O=C(O)C(CCc1ccccc1[N+](=O)[O-])N1C(=O)c2ccccc2C1=O. The molecule has 1 N–H and O–H groups in total. The van der Waals surface area contributed by atoms with Gasteiger partial charge in [-0.1, -0.05) is 30.3 Å². The minimum atomic E-state index is -1.40. The predicted molar refractivity (Wildman–Crippen MR) is 89.8 cm³/mol. The Morgan fingerprint density at radius 1 is 1.04 bits per heavy atom. The molecule has 2 aromatic carbocycles. The van der Waals surface area contributed by atoms with Crippen LogP contribution in [0.5, 0.6) is 0 Å². The molecule has 1 aliphatic heterocycles. The van der Waals surface area contributed by atoms with Crippen molar-refractivity contribution >= 4 is 23.5 Å². The number of para-hydroxylation sites is 1. The Hall–Kier alpha value is -3.55. The van der Waals surface area contributed by atoms with E-state index in [0.717, 1.165) is 4.90 Å². The highest BCUT2D eigenvalue weighted by Crippen LogP contribution is 2.27. The molecule has 3 rings (SSSR count). The normalized spacial score (nSPS) is 14.2. The van der Waals surface area contributed by atoms with E-state index in [0.29, 0.717) is 5.56 Å². The smallest absolute Gasteiger partial charge is 0.326 e. The molecule has 0 saturated heterocycles. The van der Waals surface area contributed by atoms with Gasteiger partial charge in [0, 0.05) is 11.6 Å². The summed E-state index contributed by atoms with van der Waals surface area (Å²) in [5, 5.41) is 20.6. The topological polar surface area (TPSA) is 118 Å². The number of nitro groups is 1. The average molecular weight is 354 g/mol. The zero-order valence-corrected chi connectivity index (χ0v) is 13.5. The van der Waals surface area contributed by atoms with Gasteiger partial charge in [0.1, 0.15) is 6.04 Å². The maximum absolute atomic E-state index is 12.5. The van der Waals surface area contributed by atoms with E-state index in [1.165, 1.54) is 30.3 Å². The lowest BCUT2D eigenvalue weighted by Gasteiger charge is -2.22. The molecule has 132 valence electrons. The standard InChI is InChI=1S/C18H14N2O6/c21-16-12-6-2-3-7-13(12)17(22)19(16)15(18(23)24)10-9-11-5-1-4-8-14(11)20(25)26/h1-8,15H,9-10H2,(H,23,24). The van der Waals surface area contributed by atoms with Crippen molar-refractivity contribution in [2.24, 2.45) is 0 Å². The van der Waals surface area contributed by atoms with Crippen LogP contribution < -0.4 is 0 Å². The Labute approximate surface area is 147 Å². The number of hydrogen-bond acceptors (Lipinski definition) is 5. The van der Waals surface area contributed by atoms with E-state index in [9.17, 15) is 29.6 Å². The van der Waals surface area contributed by atoms with Gasteiger partial charge in [0.25, 0.3) is 17.5 Å². The second kappa shape index (κ2) is 6.75. The highest BCUT2D eigenvalue weighted by molar-refractivity contribution is 6.22. The quantitative estimate of drug-likeness (QED) is 0.483. The van der Waals surface area contributed by atoms with Crippen LogP contribution >= 0.6 is 0 Å². The number of carboxylic acids is 1. The van der Waals surface area contributed by atoms with E-state index in [4.69, 9.17) is 0 Å². The summed E-state index contributed by atoms with van der Waals surface area (Å²) >= 11 is 0. The molecular weight excluding hydrogens is 340 g/mol. The number of amides is 2. The zero-order chi connectivity index (χ0) is 18.8. The summed E-state index contributed by atoms with van der Waals surface area (Å²) in [5.74, 6) is -2.67. The maximum Gasteiger partial charge on any atom is 0.326 e. The molecule has 2 amide bonds. The van der Waals surface area contributed by atoms with E-state index < -0.39 is 28.7 Å². The zero-order valence-electron chi connectivity index (χ0n) is 13.5. The number of fused-ring (bicyclic) bond motifs is 1. The van der Waals surface area contributed by atoms with Crippen molar-refractivity contribution in [1.82, 2.24) is 4.90 Å². The predicted octanol–water partition coefficient (Wildman–Crippen LogP) is 2.28. The van der Waals surface area contributed by atoms with Crippen LogP contribution in [-0.4, -0.2) is 38.8 Å². The molecule has 2 aromatic rings. The number of benzene rings is 2. The third kappa shape index (κ3) is 2.92. The van der Waals surface area contributed by atoms with E-state index >= 15 is 0 Å². The summed E-state index contributed by atoms with van der Waals surface area (Å²) in [5.41, 5.74) is 0.545. The first kappa shape index (κ1) is 17.3. The van der Waals surface area contributed by atoms with Crippen molar-refractivity contribution in [2.45, 2.75) is 18.9 Å². The first-order chi connectivity index (χ1) is 12.4. The number of aliphatic carboxylic acids is 1. The number of rotatable bonds is 6. The molecule has 0 aromatic heterocycles. The van der Waals surface area contributed by atoms with Crippen LogP contribution in [0.3, 0.4) is 0 Å². The number of carbonyl (C=O) groups is 3. The molecule has 26 heavy (non-hydrogen) atoms. The maximum atomic E-state index is 12.5. The molecule has 1 unspecified atom stereocenters. The second-order valence-electron chi connectivity index (χ2n) is 5.80. The molecular formula is C18H14N2O6. The molecule has 1 heterocycles. The van der Waals surface area contributed by atoms with Crippen LogP contribution in [-0.2, 0) is 11.2 Å². The van der Waals surface area contributed by atoms with Crippen molar-refractivity contribution in [3.63, 3.8) is 0 Å². The summed E-state index contributed by atoms with van der Waals surface area (Å²) in [7, 11) is 0. The number of nitro benzene ring substituents is 1. The first-order valence-corrected chi connectivity index (χ1v) is 7.84. The fraction of sp³-hybridized carbons (Fsp3) is 0.167. The van der Waals surface area contributed by atoms with E-state index in [-0.39, 0.29) is 29.7 Å². The molecule has 1 aliphatic rings. The van der Waals surface area contributed by atoms with E-state index in [2.05, 4.69) is 0 Å². The number of carbonyl (C=O) groups excluding carboxylic acids is 2. The molecule has 1 atom stereocenters. The van der Waals surface area contributed by atoms with Gasteiger partial charge in [0.15, 0.2) is 0 Å². The number of nitrogens with zero attached hydrogens (tertiary/aromatic N) is 2. The van der Waals surface area contributed by atoms with Crippen molar-refractivity contribution in [2.75, 3.05) is 0 Å². The van der Waals surface area contributed by atoms with Crippen molar-refractivity contribution in [3.05, 3.63) is 75.3 Å². The summed E-state index contributed by atoms with van der Waals surface area (Å²) in [6, 6.07) is 10.7. The van der Waals surface area contributed by atoms with Gasteiger partial charge in [-0.15, -0.1) is 0 Å². The molecule has 8 heteroatoms. The van der Waals surface area contributed by atoms with Gasteiger partial charge in [0.05, 0.1) is 16.1 Å². The fourth-order valence-electron chi connectivity index (χ4n) is 3.05. The van der Waals surface area contributed by atoms with Gasteiger partial charge < -0.3 is 5.11 Å². The van der Waals surface area contributed by atoms with E-state index in [1.54, 1.807) is 18.2 Å². The third-order valence-corrected chi connectivity index (χ3v) is 4.30. The summed E-state index contributed by atoms with van der Waals surface area (Å²) < 4.78 is 0. The molecule has 0 aliphatic carbocycles. The van der Waals surface area contributed by atoms with Crippen LogP contribution in [0.25, 0.3) is 0 Å². The highest BCUT2D eigenvalue weighted by Gasteiger charge is 2.42. The lowest BCUT2D eigenvalue weighted by Crippen LogP contribution is -2.45. The number of aryl methyl sites for hydroxylation is 1. The van der Waals surface area contributed by atoms with Crippen molar-refractivity contribution < 1.29 is 24.4 Å². The third-order valence-electron chi connectivity index (χ3n) is 4.30.